The molecule has 0 saturated heterocycles. The number of ether oxygens (including phenoxy) is 1. The van der Waals surface area contributed by atoms with Crippen LogP contribution < -0.4 is 0 Å². The van der Waals surface area contributed by atoms with Gasteiger partial charge in [0.2, 0.25) is 0 Å². The number of unbranched alkanes of at least 4 members (excludes halogenated alkanes) is 5. The minimum absolute atomic E-state index is 0.313. The van der Waals surface area contributed by atoms with Crippen molar-refractivity contribution >= 4 is 14.0 Å². The van der Waals surface area contributed by atoms with Gasteiger partial charge in [-0.05, 0) is 24.1 Å². The van der Waals surface area contributed by atoms with Crippen molar-refractivity contribution < 1.29 is 18.6 Å². The Balaban J connectivity index is 2.33. The zero-order valence-electron chi connectivity index (χ0n) is 13.6. The van der Waals surface area contributed by atoms with Crippen LogP contribution in [0.5, 0.6) is 0 Å². The van der Waals surface area contributed by atoms with Gasteiger partial charge in [0.15, 0.2) is 8.03 Å². The summed E-state index contributed by atoms with van der Waals surface area (Å²) in [6, 6.07) is 7.07. The second kappa shape index (κ2) is 11.4. The summed E-state index contributed by atoms with van der Waals surface area (Å²) in [7, 11) is -0.626. The van der Waals surface area contributed by atoms with Gasteiger partial charge in [0.25, 0.3) is 0 Å². The molecule has 0 heterocycles. The lowest BCUT2D eigenvalue weighted by Gasteiger charge is -2.06. The van der Waals surface area contributed by atoms with Gasteiger partial charge >= 0.3 is 5.97 Å². The summed E-state index contributed by atoms with van der Waals surface area (Å²) >= 11 is 0. The third-order valence-corrected chi connectivity index (χ3v) is 4.62. The van der Waals surface area contributed by atoms with Gasteiger partial charge in [-0.3, -0.25) is 4.57 Å². The topological polar surface area (TPSA) is 52.6 Å². The van der Waals surface area contributed by atoms with Crippen molar-refractivity contribution in [2.75, 3.05) is 13.7 Å². The van der Waals surface area contributed by atoms with Crippen LogP contribution in [0.4, 0.5) is 0 Å². The molecule has 1 aromatic rings. The summed E-state index contributed by atoms with van der Waals surface area (Å²) in [6.45, 7) is 2.66. The molecule has 0 bridgehead atoms. The highest BCUT2D eigenvalue weighted by Gasteiger charge is 2.08. The Morgan fingerprint density at radius 1 is 1.14 bits per heavy atom. The standard InChI is InChI=1S/C17H27O4P/c1-3-4-5-6-7-8-12-21-17(18)16-11-9-10-15(13-16)14-22(19)20-2/h9-11,13,22H,3-8,12,14H2,1-2H3. The summed E-state index contributed by atoms with van der Waals surface area (Å²) in [5.74, 6) is -0.313. The SMILES string of the molecule is CCCCCCCCOC(=O)c1cccc(C[PH](=O)OC)c1. The molecule has 1 unspecified atom stereocenters. The van der Waals surface area contributed by atoms with Crippen LogP contribution in [-0.2, 0) is 20.0 Å². The molecular weight excluding hydrogens is 299 g/mol. The van der Waals surface area contributed by atoms with E-state index in [-0.39, 0.29) is 5.97 Å². The van der Waals surface area contributed by atoms with Gasteiger partial charge in [0, 0.05) is 13.3 Å². The van der Waals surface area contributed by atoms with Gasteiger partial charge in [-0.2, -0.15) is 0 Å². The van der Waals surface area contributed by atoms with Gasteiger partial charge in [-0.25, -0.2) is 4.79 Å². The maximum absolute atomic E-state index is 12.0. The fourth-order valence-electron chi connectivity index (χ4n) is 2.18. The molecule has 0 amide bonds. The van der Waals surface area contributed by atoms with Crippen molar-refractivity contribution in [3.8, 4) is 0 Å². The molecule has 0 saturated carbocycles. The number of hydrogen-bond donors (Lipinski definition) is 0. The third kappa shape index (κ3) is 7.77. The van der Waals surface area contributed by atoms with E-state index in [1.54, 1.807) is 18.2 Å². The van der Waals surface area contributed by atoms with E-state index in [1.165, 1.54) is 32.8 Å². The average Bonchev–Trinajstić information content (AvgIpc) is 2.54. The van der Waals surface area contributed by atoms with Crippen molar-refractivity contribution in [1.29, 1.82) is 0 Å². The summed E-state index contributed by atoms with van der Waals surface area (Å²) < 4.78 is 21.5. The van der Waals surface area contributed by atoms with Gasteiger partial charge in [-0.1, -0.05) is 51.2 Å². The lowest BCUT2D eigenvalue weighted by atomic mass is 10.1. The van der Waals surface area contributed by atoms with Crippen LogP contribution in [0.25, 0.3) is 0 Å². The molecule has 0 spiro atoms. The molecule has 1 atom stereocenters. The minimum atomic E-state index is -2.06. The molecule has 124 valence electrons. The highest BCUT2D eigenvalue weighted by Crippen LogP contribution is 2.26. The number of hydrogen-bond acceptors (Lipinski definition) is 4. The summed E-state index contributed by atoms with van der Waals surface area (Å²) in [5, 5.41) is 0. The molecule has 1 aromatic carbocycles. The second-order valence-corrected chi connectivity index (χ2v) is 6.86. The Labute approximate surface area is 134 Å². The molecule has 0 radical (unpaired) electrons. The van der Waals surface area contributed by atoms with E-state index in [4.69, 9.17) is 9.26 Å². The predicted octanol–water partition coefficient (Wildman–Crippen LogP) is 4.83. The highest BCUT2D eigenvalue weighted by atomic mass is 31.1. The first-order valence-electron chi connectivity index (χ1n) is 8.00. The van der Waals surface area contributed by atoms with E-state index in [1.807, 2.05) is 6.07 Å². The summed E-state index contributed by atoms with van der Waals surface area (Å²) in [4.78, 5) is 12.0. The van der Waals surface area contributed by atoms with Crippen molar-refractivity contribution in [1.82, 2.24) is 0 Å². The number of rotatable bonds is 11. The van der Waals surface area contributed by atoms with E-state index in [9.17, 15) is 9.36 Å². The van der Waals surface area contributed by atoms with E-state index in [2.05, 4.69) is 6.92 Å². The predicted molar refractivity (Wildman–Crippen MR) is 89.8 cm³/mol. The first-order valence-corrected chi connectivity index (χ1v) is 9.52. The Morgan fingerprint density at radius 2 is 1.86 bits per heavy atom. The Hall–Kier alpha value is -1.12. The fourth-order valence-corrected chi connectivity index (χ4v) is 2.88. The molecular formula is C17H27O4P. The molecule has 22 heavy (non-hydrogen) atoms. The van der Waals surface area contributed by atoms with Crippen LogP contribution in [0.3, 0.4) is 0 Å². The first kappa shape index (κ1) is 18.9. The van der Waals surface area contributed by atoms with E-state index < -0.39 is 8.03 Å². The third-order valence-electron chi connectivity index (χ3n) is 3.47. The highest BCUT2D eigenvalue weighted by molar-refractivity contribution is 7.38. The average molecular weight is 326 g/mol. The Morgan fingerprint density at radius 3 is 2.59 bits per heavy atom. The first-order chi connectivity index (χ1) is 10.7. The zero-order chi connectivity index (χ0) is 16.2. The van der Waals surface area contributed by atoms with Crippen LogP contribution in [0.15, 0.2) is 24.3 Å². The number of carbonyl (C=O) groups excluding carboxylic acids is 1. The molecule has 0 N–H and O–H groups in total. The Kier molecular flexibility index (Phi) is 9.85. The Bertz CT molecular complexity index is 473. The van der Waals surface area contributed by atoms with Crippen molar-refractivity contribution in [2.45, 2.75) is 51.6 Å². The van der Waals surface area contributed by atoms with Crippen molar-refractivity contribution in [2.24, 2.45) is 0 Å². The second-order valence-electron chi connectivity index (χ2n) is 5.36. The molecule has 0 fully saturated rings. The zero-order valence-corrected chi connectivity index (χ0v) is 14.6. The van der Waals surface area contributed by atoms with Crippen molar-refractivity contribution in [3.05, 3.63) is 35.4 Å². The molecule has 0 aromatic heterocycles. The number of carbonyl (C=O) groups is 1. The van der Waals surface area contributed by atoms with Crippen LogP contribution in [-0.4, -0.2) is 19.7 Å². The van der Waals surface area contributed by atoms with Crippen LogP contribution in [0, 0.1) is 0 Å². The van der Waals surface area contributed by atoms with Crippen LogP contribution >= 0.6 is 8.03 Å². The van der Waals surface area contributed by atoms with E-state index in [0.717, 1.165) is 18.4 Å². The molecule has 0 aliphatic carbocycles. The number of esters is 1. The van der Waals surface area contributed by atoms with Crippen LogP contribution in [0.1, 0.15) is 61.4 Å². The van der Waals surface area contributed by atoms with Gasteiger partial charge < -0.3 is 9.26 Å². The van der Waals surface area contributed by atoms with Crippen LogP contribution in [0.2, 0.25) is 0 Å². The molecule has 4 nitrogen and oxygen atoms in total. The van der Waals surface area contributed by atoms with Crippen molar-refractivity contribution in [3.63, 3.8) is 0 Å². The lowest BCUT2D eigenvalue weighted by molar-refractivity contribution is 0.0497. The molecule has 0 aliphatic rings. The summed E-state index contributed by atoms with van der Waals surface area (Å²) in [5.41, 5.74) is 1.34. The summed E-state index contributed by atoms with van der Waals surface area (Å²) in [6.07, 6.45) is 7.32. The quantitative estimate of drug-likeness (QED) is 0.332. The number of benzene rings is 1. The van der Waals surface area contributed by atoms with Gasteiger partial charge in [0.05, 0.1) is 12.2 Å². The smallest absolute Gasteiger partial charge is 0.338 e. The van der Waals surface area contributed by atoms with E-state index in [0.29, 0.717) is 18.3 Å². The normalized spacial score (nSPS) is 12.1. The molecule has 0 aliphatic heterocycles. The molecule has 1 rings (SSSR count). The maximum Gasteiger partial charge on any atom is 0.338 e. The molecule has 5 heteroatoms. The fraction of sp³-hybridized carbons (Fsp3) is 0.588. The van der Waals surface area contributed by atoms with Gasteiger partial charge in [-0.15, -0.1) is 0 Å². The lowest BCUT2D eigenvalue weighted by Crippen LogP contribution is -2.06. The minimum Gasteiger partial charge on any atom is -0.462 e. The van der Waals surface area contributed by atoms with Gasteiger partial charge in [0.1, 0.15) is 0 Å². The van der Waals surface area contributed by atoms with E-state index >= 15 is 0 Å². The largest absolute Gasteiger partial charge is 0.462 e. The maximum atomic E-state index is 12.0. The monoisotopic (exact) mass is 326 g/mol.